The van der Waals surface area contributed by atoms with Gasteiger partial charge in [-0.25, -0.2) is 9.80 Å². The Morgan fingerprint density at radius 3 is 2.41 bits per heavy atom. The SMILES string of the molecule is CN(C#N)C1CN(C(=O)Nc2ccc(C(F)(F)F)cc2)N=C1c1ccc(Cl)cc1. The van der Waals surface area contributed by atoms with Gasteiger partial charge >= 0.3 is 12.2 Å². The van der Waals surface area contributed by atoms with Crippen LogP contribution in [0.4, 0.5) is 23.7 Å². The first-order chi connectivity index (χ1) is 13.7. The van der Waals surface area contributed by atoms with Gasteiger partial charge in [0, 0.05) is 23.3 Å². The van der Waals surface area contributed by atoms with E-state index in [1.807, 2.05) is 6.19 Å². The van der Waals surface area contributed by atoms with Gasteiger partial charge in [0.05, 0.1) is 17.8 Å². The average Bonchev–Trinajstić information content (AvgIpc) is 3.13. The molecule has 1 N–H and O–H groups in total. The summed E-state index contributed by atoms with van der Waals surface area (Å²) < 4.78 is 38.0. The van der Waals surface area contributed by atoms with Crippen LogP contribution < -0.4 is 5.32 Å². The number of amides is 2. The van der Waals surface area contributed by atoms with Crippen LogP contribution in [0.2, 0.25) is 5.02 Å². The Morgan fingerprint density at radius 2 is 1.86 bits per heavy atom. The van der Waals surface area contributed by atoms with E-state index in [2.05, 4.69) is 10.4 Å². The Balaban J connectivity index is 1.80. The van der Waals surface area contributed by atoms with Crippen LogP contribution in [0, 0.1) is 11.5 Å². The summed E-state index contributed by atoms with van der Waals surface area (Å²) in [6.45, 7) is 0.106. The third kappa shape index (κ3) is 4.60. The largest absolute Gasteiger partial charge is 0.416 e. The monoisotopic (exact) mass is 421 g/mol. The molecule has 1 unspecified atom stereocenters. The number of anilines is 1. The molecule has 1 atom stereocenters. The van der Waals surface area contributed by atoms with Crippen molar-refractivity contribution in [3.05, 3.63) is 64.7 Å². The molecule has 6 nitrogen and oxygen atoms in total. The lowest BCUT2D eigenvalue weighted by atomic mass is 10.0. The van der Waals surface area contributed by atoms with E-state index >= 15 is 0 Å². The van der Waals surface area contributed by atoms with Crippen molar-refractivity contribution in [1.82, 2.24) is 9.91 Å². The van der Waals surface area contributed by atoms with Gasteiger partial charge in [0.25, 0.3) is 0 Å². The number of likely N-dealkylation sites (N-methyl/N-ethyl adjacent to an activating group) is 1. The fourth-order valence-electron chi connectivity index (χ4n) is 2.79. The molecule has 1 heterocycles. The van der Waals surface area contributed by atoms with Crippen LogP contribution in [0.1, 0.15) is 11.1 Å². The summed E-state index contributed by atoms with van der Waals surface area (Å²) in [5.74, 6) is 0. The maximum Gasteiger partial charge on any atom is 0.416 e. The van der Waals surface area contributed by atoms with E-state index in [1.54, 1.807) is 31.3 Å². The molecular weight excluding hydrogens is 407 g/mol. The van der Waals surface area contributed by atoms with Gasteiger partial charge < -0.3 is 10.2 Å². The van der Waals surface area contributed by atoms with E-state index < -0.39 is 23.8 Å². The van der Waals surface area contributed by atoms with E-state index in [4.69, 9.17) is 11.6 Å². The summed E-state index contributed by atoms with van der Waals surface area (Å²) in [5.41, 5.74) is 0.596. The third-order valence-electron chi connectivity index (χ3n) is 4.35. The second kappa shape index (κ2) is 8.01. The van der Waals surface area contributed by atoms with Crippen molar-refractivity contribution < 1.29 is 18.0 Å². The van der Waals surface area contributed by atoms with Crippen LogP contribution in [0.3, 0.4) is 0 Å². The fraction of sp³-hybridized carbons (Fsp3) is 0.211. The molecule has 0 radical (unpaired) electrons. The zero-order chi connectivity index (χ0) is 21.2. The molecule has 150 valence electrons. The molecule has 0 bridgehead atoms. The van der Waals surface area contributed by atoms with E-state index in [1.165, 1.54) is 17.0 Å². The summed E-state index contributed by atoms with van der Waals surface area (Å²) in [7, 11) is 1.58. The first-order valence-corrected chi connectivity index (χ1v) is 8.79. The van der Waals surface area contributed by atoms with Crippen LogP contribution in [0.5, 0.6) is 0 Å². The molecule has 0 saturated carbocycles. The number of nitrogens with one attached hydrogen (secondary N) is 1. The van der Waals surface area contributed by atoms with Gasteiger partial charge in [0.2, 0.25) is 0 Å². The minimum Gasteiger partial charge on any atom is -0.306 e. The number of alkyl halides is 3. The molecule has 10 heteroatoms. The van der Waals surface area contributed by atoms with Crippen molar-refractivity contribution >= 4 is 29.0 Å². The molecule has 0 aromatic heterocycles. The molecule has 1 aliphatic rings. The molecule has 2 aromatic carbocycles. The molecular formula is C19H15ClF3N5O. The second-order valence-electron chi connectivity index (χ2n) is 6.31. The summed E-state index contributed by atoms with van der Waals surface area (Å²) in [4.78, 5) is 13.9. The quantitative estimate of drug-likeness (QED) is 0.590. The van der Waals surface area contributed by atoms with Crippen LogP contribution in [0.25, 0.3) is 0 Å². The van der Waals surface area contributed by atoms with E-state index in [9.17, 15) is 23.2 Å². The first kappa shape index (κ1) is 20.5. The average molecular weight is 422 g/mol. The molecule has 0 saturated heterocycles. The first-order valence-electron chi connectivity index (χ1n) is 8.42. The molecule has 3 rings (SSSR count). The Hall–Kier alpha value is -3.25. The van der Waals surface area contributed by atoms with Gasteiger partial charge in [0.1, 0.15) is 6.04 Å². The summed E-state index contributed by atoms with van der Waals surface area (Å²) in [5, 5.41) is 17.7. The minimum atomic E-state index is -4.45. The van der Waals surface area contributed by atoms with Crippen molar-refractivity contribution in [3.8, 4) is 6.19 Å². The molecule has 0 fully saturated rings. The van der Waals surface area contributed by atoms with E-state index in [-0.39, 0.29) is 12.2 Å². The van der Waals surface area contributed by atoms with Crippen molar-refractivity contribution in [3.63, 3.8) is 0 Å². The van der Waals surface area contributed by atoms with Crippen LogP contribution >= 0.6 is 11.6 Å². The molecule has 1 aliphatic heterocycles. The number of benzene rings is 2. The Morgan fingerprint density at radius 1 is 1.24 bits per heavy atom. The minimum absolute atomic E-state index is 0.106. The maximum absolute atomic E-state index is 12.7. The number of urea groups is 1. The van der Waals surface area contributed by atoms with E-state index in [0.29, 0.717) is 16.3 Å². The standard InChI is InChI=1S/C19H15ClF3N5O/c1-27(11-24)16-10-28(26-17(16)12-2-6-14(20)7-3-12)18(29)25-15-8-4-13(5-9-15)19(21,22)23/h2-9,16H,10H2,1H3,(H,25,29). The summed E-state index contributed by atoms with van der Waals surface area (Å²) in [6.07, 6.45) is -2.44. The molecule has 0 aliphatic carbocycles. The van der Waals surface area contributed by atoms with Gasteiger partial charge in [-0.15, -0.1) is 0 Å². The number of halogens is 4. The summed E-state index contributed by atoms with van der Waals surface area (Å²) >= 11 is 5.91. The highest BCUT2D eigenvalue weighted by Gasteiger charge is 2.34. The topological polar surface area (TPSA) is 71.7 Å². The summed E-state index contributed by atoms with van der Waals surface area (Å²) in [6, 6.07) is 9.82. The van der Waals surface area contributed by atoms with Gasteiger partial charge in [0.15, 0.2) is 6.19 Å². The van der Waals surface area contributed by atoms with Crippen molar-refractivity contribution in [2.75, 3.05) is 18.9 Å². The van der Waals surface area contributed by atoms with Gasteiger partial charge in [-0.2, -0.15) is 23.5 Å². The lowest BCUT2D eigenvalue weighted by Crippen LogP contribution is -2.40. The fourth-order valence-corrected chi connectivity index (χ4v) is 2.92. The van der Waals surface area contributed by atoms with Crippen molar-refractivity contribution in [2.24, 2.45) is 5.10 Å². The second-order valence-corrected chi connectivity index (χ2v) is 6.74. The molecule has 2 aromatic rings. The third-order valence-corrected chi connectivity index (χ3v) is 4.61. The van der Waals surface area contributed by atoms with Crippen LogP contribution in [-0.2, 0) is 6.18 Å². The van der Waals surface area contributed by atoms with Crippen LogP contribution in [-0.4, -0.2) is 41.3 Å². The number of nitrogens with zero attached hydrogens (tertiary/aromatic N) is 4. The zero-order valence-electron chi connectivity index (χ0n) is 15.1. The van der Waals surface area contributed by atoms with Crippen molar-refractivity contribution in [2.45, 2.75) is 12.2 Å². The maximum atomic E-state index is 12.7. The zero-order valence-corrected chi connectivity index (χ0v) is 15.9. The molecule has 0 spiro atoms. The van der Waals surface area contributed by atoms with Gasteiger partial charge in [-0.05, 0) is 36.4 Å². The predicted octanol–water partition coefficient (Wildman–Crippen LogP) is 4.39. The molecule has 29 heavy (non-hydrogen) atoms. The number of carbonyl (C=O) groups excluding carboxylic acids is 1. The highest BCUT2D eigenvalue weighted by molar-refractivity contribution is 6.30. The Bertz CT molecular complexity index is 967. The smallest absolute Gasteiger partial charge is 0.306 e. The normalized spacial score (nSPS) is 16.2. The number of hydrogen-bond donors (Lipinski definition) is 1. The number of hydrazone groups is 1. The number of rotatable bonds is 3. The van der Waals surface area contributed by atoms with E-state index in [0.717, 1.165) is 17.1 Å². The van der Waals surface area contributed by atoms with Gasteiger partial charge in [-0.1, -0.05) is 23.7 Å². The van der Waals surface area contributed by atoms with Crippen LogP contribution in [0.15, 0.2) is 53.6 Å². The number of hydrogen-bond acceptors (Lipinski definition) is 4. The Labute approximate surface area is 169 Å². The lowest BCUT2D eigenvalue weighted by molar-refractivity contribution is -0.137. The lowest BCUT2D eigenvalue weighted by Gasteiger charge is -2.20. The molecule has 2 amide bonds. The highest BCUT2D eigenvalue weighted by Crippen LogP contribution is 2.30. The van der Waals surface area contributed by atoms with Gasteiger partial charge in [-0.3, -0.25) is 0 Å². The number of carbonyl (C=O) groups is 1. The highest BCUT2D eigenvalue weighted by atomic mass is 35.5. The number of nitriles is 1. The Kier molecular flexibility index (Phi) is 5.66. The van der Waals surface area contributed by atoms with Crippen molar-refractivity contribution in [1.29, 1.82) is 5.26 Å². The predicted molar refractivity (Wildman–Crippen MR) is 102 cm³/mol.